The summed E-state index contributed by atoms with van der Waals surface area (Å²) >= 11 is 0. The summed E-state index contributed by atoms with van der Waals surface area (Å²) in [7, 11) is 0. The van der Waals surface area contributed by atoms with Gasteiger partial charge in [0.05, 0.1) is 0 Å². The normalized spacial score (nSPS) is 25.6. The largest absolute Gasteiger partial charge is 0.485 e. The van der Waals surface area contributed by atoms with Gasteiger partial charge in [0, 0.05) is 6.04 Å². The second-order valence-electron chi connectivity index (χ2n) is 6.41. The van der Waals surface area contributed by atoms with Crippen molar-refractivity contribution in [1.82, 2.24) is 5.32 Å². The number of ether oxygens (including phenoxy) is 3. The molecule has 0 aromatic heterocycles. The minimum Gasteiger partial charge on any atom is -0.485 e. The van der Waals surface area contributed by atoms with Gasteiger partial charge in [0.25, 0.3) is 5.91 Å². The molecule has 6 heteroatoms. The number of hydrogen-bond donors (Lipinski definition) is 1. The third-order valence-corrected chi connectivity index (χ3v) is 4.57. The number of rotatable bonds is 4. The molecule has 0 bridgehead atoms. The van der Waals surface area contributed by atoms with Crippen molar-refractivity contribution in [1.29, 1.82) is 0 Å². The number of carbonyl (C=O) groups excluding carboxylic acids is 2. The molecule has 1 fully saturated rings. The van der Waals surface area contributed by atoms with Crippen LogP contribution < -0.4 is 14.8 Å². The van der Waals surface area contributed by atoms with Crippen LogP contribution in [-0.2, 0) is 14.3 Å². The van der Waals surface area contributed by atoms with E-state index in [0.29, 0.717) is 17.4 Å². The van der Waals surface area contributed by atoms with Gasteiger partial charge in [0.2, 0.25) is 6.10 Å². The first-order valence-corrected chi connectivity index (χ1v) is 8.48. The Hall–Kier alpha value is -2.24. The van der Waals surface area contributed by atoms with Gasteiger partial charge < -0.3 is 19.5 Å². The molecule has 130 valence electrons. The molecule has 24 heavy (non-hydrogen) atoms. The molecular weight excluding hydrogens is 310 g/mol. The van der Waals surface area contributed by atoms with Crippen LogP contribution in [0.2, 0.25) is 0 Å². The van der Waals surface area contributed by atoms with Gasteiger partial charge in [-0.3, -0.25) is 4.79 Å². The molecular formula is C18H23NO5. The highest BCUT2D eigenvalue weighted by atomic mass is 16.6. The van der Waals surface area contributed by atoms with Crippen LogP contribution in [0.3, 0.4) is 0 Å². The molecule has 0 unspecified atom stereocenters. The predicted octanol–water partition coefficient (Wildman–Crippen LogP) is 2.06. The third-order valence-electron chi connectivity index (χ3n) is 4.57. The number of nitrogens with one attached hydrogen (secondary N) is 1. The van der Waals surface area contributed by atoms with Gasteiger partial charge >= 0.3 is 5.97 Å². The van der Waals surface area contributed by atoms with E-state index in [4.69, 9.17) is 14.2 Å². The zero-order valence-electron chi connectivity index (χ0n) is 13.8. The van der Waals surface area contributed by atoms with Crippen molar-refractivity contribution in [3.8, 4) is 11.5 Å². The number of fused-ring (bicyclic) bond motifs is 1. The summed E-state index contributed by atoms with van der Waals surface area (Å²) in [6, 6.07) is 7.30. The quantitative estimate of drug-likeness (QED) is 0.854. The number of esters is 1. The summed E-state index contributed by atoms with van der Waals surface area (Å²) in [5.74, 6) is 0.720. The van der Waals surface area contributed by atoms with Crippen LogP contribution in [0.4, 0.5) is 0 Å². The van der Waals surface area contributed by atoms with Crippen molar-refractivity contribution in [3.05, 3.63) is 24.3 Å². The summed E-state index contributed by atoms with van der Waals surface area (Å²) in [6.07, 6.45) is 3.60. The van der Waals surface area contributed by atoms with Gasteiger partial charge in [-0.2, -0.15) is 0 Å². The fourth-order valence-corrected chi connectivity index (χ4v) is 3.14. The van der Waals surface area contributed by atoms with Crippen molar-refractivity contribution in [3.63, 3.8) is 0 Å². The summed E-state index contributed by atoms with van der Waals surface area (Å²) in [5, 5.41) is 2.95. The van der Waals surface area contributed by atoms with E-state index >= 15 is 0 Å². The van der Waals surface area contributed by atoms with E-state index in [1.807, 2.05) is 6.07 Å². The lowest BCUT2D eigenvalue weighted by Gasteiger charge is -2.29. The van der Waals surface area contributed by atoms with Crippen LogP contribution in [0.15, 0.2) is 24.3 Å². The molecule has 6 nitrogen and oxygen atoms in total. The number of carbonyl (C=O) groups is 2. The average molecular weight is 333 g/mol. The Morgan fingerprint density at radius 1 is 1.21 bits per heavy atom. The molecule has 1 aromatic carbocycles. The molecule has 1 aromatic rings. The van der Waals surface area contributed by atoms with Crippen molar-refractivity contribution in [2.75, 3.05) is 13.2 Å². The molecule has 1 amide bonds. The molecule has 2 aliphatic rings. The zero-order chi connectivity index (χ0) is 16.9. The van der Waals surface area contributed by atoms with E-state index in [2.05, 4.69) is 12.2 Å². The van der Waals surface area contributed by atoms with Gasteiger partial charge in [-0.05, 0) is 30.9 Å². The topological polar surface area (TPSA) is 73.9 Å². The SMILES string of the molecule is C[C@@H]1CCCC[C@H]1NC(=O)COC(=O)[C@H]1COc2ccccc2O1. The van der Waals surface area contributed by atoms with Crippen LogP contribution in [0.1, 0.15) is 32.6 Å². The van der Waals surface area contributed by atoms with Crippen molar-refractivity contribution >= 4 is 11.9 Å². The molecule has 1 aliphatic carbocycles. The molecule has 3 atom stereocenters. The van der Waals surface area contributed by atoms with Crippen LogP contribution in [0.25, 0.3) is 0 Å². The van der Waals surface area contributed by atoms with Crippen molar-refractivity contribution in [2.45, 2.75) is 44.8 Å². The van der Waals surface area contributed by atoms with Crippen molar-refractivity contribution < 1.29 is 23.8 Å². The number of para-hydroxylation sites is 2. The molecule has 1 saturated carbocycles. The standard InChI is InChI=1S/C18H23NO5/c1-12-6-2-3-7-13(12)19-17(20)11-23-18(21)16-10-22-14-8-4-5-9-15(14)24-16/h4-5,8-9,12-13,16H,2-3,6-7,10-11H2,1H3,(H,19,20)/t12-,13-,16-/m1/s1. The highest BCUT2D eigenvalue weighted by Crippen LogP contribution is 2.31. The minimum atomic E-state index is -0.846. The summed E-state index contributed by atoms with van der Waals surface area (Å²) < 4.78 is 16.1. The molecule has 0 saturated heterocycles. The maximum absolute atomic E-state index is 12.1. The van der Waals surface area contributed by atoms with Gasteiger partial charge in [0.1, 0.15) is 6.61 Å². The maximum Gasteiger partial charge on any atom is 0.351 e. The Morgan fingerprint density at radius 3 is 2.75 bits per heavy atom. The summed E-state index contributed by atoms with van der Waals surface area (Å²) in [5.41, 5.74) is 0. The fourth-order valence-electron chi connectivity index (χ4n) is 3.14. The Kier molecular flexibility index (Phi) is 5.23. The predicted molar refractivity (Wildman–Crippen MR) is 86.9 cm³/mol. The van der Waals surface area contributed by atoms with E-state index in [9.17, 15) is 9.59 Å². The smallest absolute Gasteiger partial charge is 0.351 e. The summed E-state index contributed by atoms with van der Waals surface area (Å²) in [4.78, 5) is 24.0. The molecule has 1 heterocycles. The lowest BCUT2D eigenvalue weighted by atomic mass is 9.86. The van der Waals surface area contributed by atoms with E-state index in [-0.39, 0.29) is 25.2 Å². The lowest BCUT2D eigenvalue weighted by Crippen LogP contribution is -2.44. The Morgan fingerprint density at radius 2 is 1.96 bits per heavy atom. The average Bonchev–Trinajstić information content (AvgIpc) is 2.61. The van der Waals surface area contributed by atoms with Gasteiger partial charge in [-0.25, -0.2) is 4.79 Å². The van der Waals surface area contributed by atoms with Crippen LogP contribution in [0, 0.1) is 5.92 Å². The third kappa shape index (κ3) is 3.99. The monoisotopic (exact) mass is 333 g/mol. The molecule has 3 rings (SSSR count). The van der Waals surface area contributed by atoms with Crippen LogP contribution in [-0.4, -0.2) is 37.2 Å². The first-order valence-electron chi connectivity index (χ1n) is 8.48. The Bertz CT molecular complexity index is 603. The van der Waals surface area contributed by atoms with Crippen LogP contribution in [0.5, 0.6) is 11.5 Å². The molecule has 1 N–H and O–H groups in total. The van der Waals surface area contributed by atoms with Gasteiger partial charge in [-0.1, -0.05) is 31.9 Å². The first kappa shape index (κ1) is 16.6. The minimum absolute atomic E-state index is 0.0805. The van der Waals surface area contributed by atoms with Crippen LogP contribution >= 0.6 is 0 Å². The summed E-state index contributed by atoms with van der Waals surface area (Å²) in [6.45, 7) is 1.93. The highest BCUT2D eigenvalue weighted by molar-refractivity contribution is 5.82. The Labute approximate surface area is 141 Å². The second kappa shape index (κ2) is 7.55. The second-order valence-corrected chi connectivity index (χ2v) is 6.41. The van der Waals surface area contributed by atoms with E-state index in [1.165, 1.54) is 6.42 Å². The first-order chi connectivity index (χ1) is 11.6. The Balaban J connectivity index is 1.45. The van der Waals surface area contributed by atoms with E-state index in [0.717, 1.165) is 19.3 Å². The van der Waals surface area contributed by atoms with Gasteiger partial charge in [0.15, 0.2) is 18.1 Å². The number of amides is 1. The van der Waals surface area contributed by atoms with E-state index in [1.54, 1.807) is 18.2 Å². The highest BCUT2D eigenvalue weighted by Gasteiger charge is 2.29. The number of benzene rings is 1. The molecule has 1 aliphatic heterocycles. The maximum atomic E-state index is 12.1. The van der Waals surface area contributed by atoms with Gasteiger partial charge in [-0.15, -0.1) is 0 Å². The zero-order valence-corrected chi connectivity index (χ0v) is 13.8. The van der Waals surface area contributed by atoms with Crippen molar-refractivity contribution in [2.24, 2.45) is 5.92 Å². The fraction of sp³-hybridized carbons (Fsp3) is 0.556. The van der Waals surface area contributed by atoms with E-state index < -0.39 is 12.1 Å². The molecule has 0 spiro atoms. The number of hydrogen-bond acceptors (Lipinski definition) is 5. The molecule has 0 radical (unpaired) electrons. The lowest BCUT2D eigenvalue weighted by molar-refractivity contribution is -0.158.